The van der Waals surface area contributed by atoms with Gasteiger partial charge in [0.1, 0.15) is 5.76 Å². The molecule has 6 heteroatoms. The largest absolute Gasteiger partial charge is 0.448 e. The number of ether oxygens (including phenoxy) is 1. The number of rotatable bonds is 6. The summed E-state index contributed by atoms with van der Waals surface area (Å²) in [6.45, 7) is 7.67. The van der Waals surface area contributed by atoms with Crippen molar-refractivity contribution in [3.63, 3.8) is 0 Å². The van der Waals surface area contributed by atoms with Crippen LogP contribution in [0.1, 0.15) is 37.0 Å². The topological polar surface area (TPSA) is 81.4 Å². The van der Waals surface area contributed by atoms with Crippen LogP contribution in [0.4, 0.5) is 0 Å². The summed E-state index contributed by atoms with van der Waals surface area (Å²) in [5, 5.41) is 2.72. The molecule has 24 heavy (non-hydrogen) atoms. The van der Waals surface area contributed by atoms with E-state index < -0.39 is 12.1 Å². The molecule has 1 N–H and O–H groups in total. The summed E-state index contributed by atoms with van der Waals surface area (Å²) in [7, 11) is 0. The number of aromatic nitrogens is 1. The quantitative estimate of drug-likeness (QED) is 0.824. The molecule has 0 saturated heterocycles. The minimum Gasteiger partial charge on any atom is -0.448 e. The Bertz CT molecular complexity index is 707. The Morgan fingerprint density at radius 3 is 2.50 bits per heavy atom. The maximum absolute atomic E-state index is 12.2. The average molecular weight is 330 g/mol. The van der Waals surface area contributed by atoms with Crippen LogP contribution < -0.4 is 5.32 Å². The highest BCUT2D eigenvalue weighted by Gasteiger charge is 2.24. The molecule has 0 spiro atoms. The summed E-state index contributed by atoms with van der Waals surface area (Å²) in [5.41, 5.74) is 0.847. The Morgan fingerprint density at radius 2 is 1.88 bits per heavy atom. The molecule has 0 radical (unpaired) electrons. The van der Waals surface area contributed by atoms with Crippen molar-refractivity contribution in [1.82, 2.24) is 10.3 Å². The zero-order valence-electron chi connectivity index (χ0n) is 14.3. The summed E-state index contributed by atoms with van der Waals surface area (Å²) < 4.78 is 10.7. The summed E-state index contributed by atoms with van der Waals surface area (Å²) in [6, 6.07) is 9.26. The minimum atomic E-state index is -0.896. The zero-order chi connectivity index (χ0) is 17.7. The van der Waals surface area contributed by atoms with E-state index in [-0.39, 0.29) is 11.6 Å². The van der Waals surface area contributed by atoms with Crippen LogP contribution >= 0.6 is 0 Å². The van der Waals surface area contributed by atoms with Gasteiger partial charge in [-0.25, -0.2) is 9.78 Å². The van der Waals surface area contributed by atoms with Crippen molar-refractivity contribution in [2.24, 2.45) is 5.92 Å². The lowest BCUT2D eigenvalue weighted by Gasteiger charge is -2.13. The molecule has 0 aliphatic rings. The summed E-state index contributed by atoms with van der Waals surface area (Å²) in [5.74, 6) is 0.0146. The van der Waals surface area contributed by atoms with Gasteiger partial charge in [0.05, 0.1) is 0 Å². The van der Waals surface area contributed by atoms with Gasteiger partial charge in [0, 0.05) is 12.1 Å². The second-order valence-corrected chi connectivity index (χ2v) is 5.98. The fraction of sp³-hybridized carbons (Fsp3) is 0.389. The van der Waals surface area contributed by atoms with Crippen LogP contribution in [0.25, 0.3) is 11.5 Å². The summed E-state index contributed by atoms with van der Waals surface area (Å²) in [4.78, 5) is 28.3. The van der Waals surface area contributed by atoms with E-state index >= 15 is 0 Å². The minimum absolute atomic E-state index is 0.0809. The Hall–Kier alpha value is -2.63. The van der Waals surface area contributed by atoms with E-state index in [2.05, 4.69) is 10.3 Å². The molecule has 0 fully saturated rings. The molecule has 0 aliphatic carbocycles. The van der Waals surface area contributed by atoms with Gasteiger partial charge in [-0.2, -0.15) is 0 Å². The Labute approximate surface area is 141 Å². The first kappa shape index (κ1) is 17.7. The van der Waals surface area contributed by atoms with E-state index in [1.807, 2.05) is 44.2 Å². The first-order valence-electron chi connectivity index (χ1n) is 7.90. The SMILES string of the molecule is Cc1oc(-c2ccccc2)nc1C(=O)OC(C)C(=O)NCC(C)C. The third-order valence-corrected chi connectivity index (χ3v) is 3.35. The van der Waals surface area contributed by atoms with Crippen molar-refractivity contribution in [3.05, 3.63) is 41.8 Å². The monoisotopic (exact) mass is 330 g/mol. The van der Waals surface area contributed by atoms with Crippen molar-refractivity contribution in [3.8, 4) is 11.5 Å². The van der Waals surface area contributed by atoms with Crippen LogP contribution in [-0.2, 0) is 9.53 Å². The third-order valence-electron chi connectivity index (χ3n) is 3.35. The molecule has 1 atom stereocenters. The van der Waals surface area contributed by atoms with Gasteiger partial charge < -0.3 is 14.5 Å². The molecule has 1 aromatic carbocycles. The lowest BCUT2D eigenvalue weighted by atomic mass is 10.2. The van der Waals surface area contributed by atoms with E-state index in [1.54, 1.807) is 6.92 Å². The second kappa shape index (κ2) is 7.77. The fourth-order valence-electron chi connectivity index (χ4n) is 2.01. The second-order valence-electron chi connectivity index (χ2n) is 5.98. The van der Waals surface area contributed by atoms with Crippen molar-refractivity contribution in [2.45, 2.75) is 33.8 Å². The lowest BCUT2D eigenvalue weighted by Crippen LogP contribution is -2.37. The van der Waals surface area contributed by atoms with Gasteiger partial charge in [-0.15, -0.1) is 0 Å². The number of carbonyl (C=O) groups excluding carboxylic acids is 2. The van der Waals surface area contributed by atoms with Crippen molar-refractivity contribution in [2.75, 3.05) is 6.54 Å². The Kier molecular flexibility index (Phi) is 5.73. The molecule has 128 valence electrons. The molecular weight excluding hydrogens is 308 g/mol. The number of esters is 1. The van der Waals surface area contributed by atoms with Crippen molar-refractivity contribution >= 4 is 11.9 Å². The molecule has 0 aliphatic heterocycles. The molecule has 1 aromatic heterocycles. The fourth-order valence-corrected chi connectivity index (χ4v) is 2.01. The maximum Gasteiger partial charge on any atom is 0.361 e. The average Bonchev–Trinajstić information content (AvgIpc) is 2.95. The zero-order valence-corrected chi connectivity index (χ0v) is 14.3. The highest BCUT2D eigenvalue weighted by molar-refractivity contribution is 5.91. The first-order valence-corrected chi connectivity index (χ1v) is 7.90. The molecule has 0 saturated carbocycles. The normalized spacial score (nSPS) is 12.0. The van der Waals surface area contributed by atoms with Gasteiger partial charge in [-0.1, -0.05) is 32.0 Å². The lowest BCUT2D eigenvalue weighted by molar-refractivity contribution is -0.129. The molecule has 0 bridgehead atoms. The van der Waals surface area contributed by atoms with Crippen LogP contribution in [0.5, 0.6) is 0 Å². The van der Waals surface area contributed by atoms with Crippen LogP contribution in [0.15, 0.2) is 34.7 Å². The maximum atomic E-state index is 12.2. The molecule has 1 amide bonds. The molecule has 2 rings (SSSR count). The predicted octanol–water partition coefficient (Wildman–Crippen LogP) is 2.97. The Morgan fingerprint density at radius 1 is 1.21 bits per heavy atom. The van der Waals surface area contributed by atoms with Crippen molar-refractivity contribution in [1.29, 1.82) is 0 Å². The first-order chi connectivity index (χ1) is 11.4. The van der Waals surface area contributed by atoms with E-state index in [0.717, 1.165) is 5.56 Å². The molecule has 1 unspecified atom stereocenters. The van der Waals surface area contributed by atoms with Crippen LogP contribution in [-0.4, -0.2) is 29.5 Å². The van der Waals surface area contributed by atoms with Crippen LogP contribution in [0.2, 0.25) is 0 Å². The van der Waals surface area contributed by atoms with Crippen LogP contribution in [0.3, 0.4) is 0 Å². The number of amides is 1. The molecule has 2 aromatic rings. The van der Waals surface area contributed by atoms with E-state index in [1.165, 1.54) is 6.92 Å². The smallest absolute Gasteiger partial charge is 0.361 e. The van der Waals surface area contributed by atoms with Crippen LogP contribution in [0, 0.1) is 12.8 Å². The highest BCUT2D eigenvalue weighted by Crippen LogP contribution is 2.22. The number of oxazole rings is 1. The number of hydrogen-bond donors (Lipinski definition) is 1. The van der Waals surface area contributed by atoms with Crippen molar-refractivity contribution < 1.29 is 18.7 Å². The van der Waals surface area contributed by atoms with Gasteiger partial charge in [0.25, 0.3) is 5.91 Å². The number of carbonyl (C=O) groups is 2. The molecular formula is C18H22N2O4. The number of nitrogens with one attached hydrogen (secondary N) is 1. The van der Waals surface area contributed by atoms with Gasteiger partial charge in [-0.3, -0.25) is 4.79 Å². The predicted molar refractivity (Wildman–Crippen MR) is 89.4 cm³/mol. The van der Waals surface area contributed by atoms with E-state index in [4.69, 9.17) is 9.15 Å². The standard InChI is InChI=1S/C18H22N2O4/c1-11(2)10-19-16(21)13(4)24-18(22)15-12(3)23-17(20-15)14-8-6-5-7-9-14/h5-9,11,13H,10H2,1-4H3,(H,19,21). The number of nitrogens with zero attached hydrogens (tertiary/aromatic N) is 1. The van der Waals surface area contributed by atoms with Gasteiger partial charge in [-0.05, 0) is 31.9 Å². The summed E-state index contributed by atoms with van der Waals surface area (Å²) >= 11 is 0. The van der Waals surface area contributed by atoms with Gasteiger partial charge >= 0.3 is 5.97 Å². The van der Waals surface area contributed by atoms with Gasteiger partial charge in [0.15, 0.2) is 11.8 Å². The number of hydrogen-bond acceptors (Lipinski definition) is 5. The third kappa shape index (κ3) is 4.44. The van der Waals surface area contributed by atoms with Gasteiger partial charge in [0.2, 0.25) is 5.89 Å². The molecule has 6 nitrogen and oxygen atoms in total. The Balaban J connectivity index is 2.05. The molecule has 1 heterocycles. The number of benzene rings is 1. The van der Waals surface area contributed by atoms with E-state index in [9.17, 15) is 9.59 Å². The number of aryl methyl sites for hydroxylation is 1. The summed E-state index contributed by atoms with van der Waals surface area (Å²) in [6.07, 6.45) is -0.896. The van der Waals surface area contributed by atoms with E-state index in [0.29, 0.717) is 24.1 Å². The highest BCUT2D eigenvalue weighted by atomic mass is 16.5.